The van der Waals surface area contributed by atoms with Crippen molar-refractivity contribution < 1.29 is 0 Å². The van der Waals surface area contributed by atoms with Crippen LogP contribution in [0.3, 0.4) is 0 Å². The van der Waals surface area contributed by atoms with E-state index in [1.807, 2.05) is 0 Å². The van der Waals surface area contributed by atoms with Crippen LogP contribution in [0.2, 0.25) is 0 Å². The number of piperazine rings is 1. The maximum Gasteiger partial charge on any atom is 0.0223 e. The predicted molar refractivity (Wildman–Crippen MR) is 69.7 cm³/mol. The summed E-state index contributed by atoms with van der Waals surface area (Å²) in [4.78, 5) is 5.46. The van der Waals surface area contributed by atoms with Gasteiger partial charge in [0.2, 0.25) is 0 Å². The molecule has 16 heavy (non-hydrogen) atoms. The first-order valence-corrected chi connectivity index (χ1v) is 7.20. The van der Waals surface area contributed by atoms with Crippen LogP contribution in [0.4, 0.5) is 0 Å². The lowest BCUT2D eigenvalue weighted by molar-refractivity contribution is 0.0188. The molecule has 0 aromatic heterocycles. The van der Waals surface area contributed by atoms with Gasteiger partial charge in [-0.25, -0.2) is 0 Å². The number of hydrogen-bond donors (Lipinski definition) is 0. The highest BCUT2D eigenvalue weighted by molar-refractivity contribution is 4.87. The van der Waals surface area contributed by atoms with Gasteiger partial charge in [-0.2, -0.15) is 0 Å². The van der Waals surface area contributed by atoms with Gasteiger partial charge in [-0.1, -0.05) is 26.7 Å². The Balaban J connectivity index is 1.89. The summed E-state index contributed by atoms with van der Waals surface area (Å²) in [6.45, 7) is 12.4. The van der Waals surface area contributed by atoms with Crippen LogP contribution in [0, 0.1) is 5.92 Å². The molecule has 2 nitrogen and oxygen atoms in total. The molecule has 2 rings (SSSR count). The van der Waals surface area contributed by atoms with Gasteiger partial charge in [0.15, 0.2) is 0 Å². The largest absolute Gasteiger partial charge is 0.298 e. The first-order chi connectivity index (χ1) is 7.72. The first kappa shape index (κ1) is 12.4. The van der Waals surface area contributed by atoms with Gasteiger partial charge in [-0.05, 0) is 32.2 Å². The van der Waals surface area contributed by atoms with E-state index in [-0.39, 0.29) is 0 Å². The summed E-state index contributed by atoms with van der Waals surface area (Å²) in [6, 6.07) is 1.64. The van der Waals surface area contributed by atoms with E-state index >= 15 is 0 Å². The number of nitrogens with zero attached hydrogens (tertiary/aromatic N) is 2. The smallest absolute Gasteiger partial charge is 0.0223 e. The zero-order chi connectivity index (χ0) is 11.5. The fraction of sp³-hybridized carbons (Fsp3) is 1.00. The third kappa shape index (κ3) is 2.60. The molecule has 2 heteroatoms. The van der Waals surface area contributed by atoms with Gasteiger partial charge in [0, 0.05) is 31.7 Å². The van der Waals surface area contributed by atoms with Gasteiger partial charge in [0.1, 0.15) is 0 Å². The quantitative estimate of drug-likeness (QED) is 0.727. The van der Waals surface area contributed by atoms with Gasteiger partial charge in [-0.15, -0.1) is 0 Å². The van der Waals surface area contributed by atoms with Crippen LogP contribution in [0.25, 0.3) is 0 Å². The maximum absolute atomic E-state index is 2.74. The molecular weight excluding hydrogens is 196 g/mol. The lowest BCUT2D eigenvalue weighted by atomic mass is 9.94. The maximum atomic E-state index is 2.74. The molecule has 0 bridgehead atoms. The van der Waals surface area contributed by atoms with Gasteiger partial charge in [0.25, 0.3) is 0 Å². The summed E-state index contributed by atoms with van der Waals surface area (Å²) in [6.07, 6.45) is 5.62. The van der Waals surface area contributed by atoms with Crippen molar-refractivity contribution >= 4 is 0 Å². The highest BCUT2D eigenvalue weighted by Crippen LogP contribution is 2.24. The second-order valence-electron chi connectivity index (χ2n) is 5.81. The molecule has 0 saturated carbocycles. The summed E-state index contributed by atoms with van der Waals surface area (Å²) in [5, 5.41) is 0. The standard InChI is InChI=1S/C14H28N2/c1-4-12(2)13(3)16-10-9-15-8-6-5-7-14(15)11-16/h12-14H,4-11H2,1-3H3. The van der Waals surface area contributed by atoms with E-state index in [0.29, 0.717) is 0 Å². The first-order valence-electron chi connectivity index (χ1n) is 7.20. The second-order valence-corrected chi connectivity index (χ2v) is 5.81. The fourth-order valence-corrected chi connectivity index (χ4v) is 3.25. The molecule has 0 radical (unpaired) electrons. The van der Waals surface area contributed by atoms with Gasteiger partial charge in [-0.3, -0.25) is 9.80 Å². The van der Waals surface area contributed by atoms with Crippen LogP contribution in [0.5, 0.6) is 0 Å². The minimum Gasteiger partial charge on any atom is -0.298 e. The topological polar surface area (TPSA) is 6.48 Å². The van der Waals surface area contributed by atoms with Crippen LogP contribution in [-0.4, -0.2) is 48.1 Å². The van der Waals surface area contributed by atoms with E-state index < -0.39 is 0 Å². The Hall–Kier alpha value is -0.0800. The molecule has 3 atom stereocenters. The zero-order valence-electron chi connectivity index (χ0n) is 11.3. The van der Waals surface area contributed by atoms with Gasteiger partial charge in [0.05, 0.1) is 0 Å². The fourth-order valence-electron chi connectivity index (χ4n) is 3.25. The molecule has 0 amide bonds. The molecule has 2 heterocycles. The summed E-state index contributed by atoms with van der Waals surface area (Å²) in [5.74, 6) is 0.843. The lowest BCUT2D eigenvalue weighted by Crippen LogP contribution is -2.57. The lowest BCUT2D eigenvalue weighted by Gasteiger charge is -2.47. The minimum absolute atomic E-state index is 0.772. The number of piperidine rings is 1. The summed E-state index contributed by atoms with van der Waals surface area (Å²) in [7, 11) is 0. The Morgan fingerprint density at radius 1 is 1.12 bits per heavy atom. The monoisotopic (exact) mass is 224 g/mol. The van der Waals surface area contributed by atoms with Crippen molar-refractivity contribution in [1.29, 1.82) is 0 Å². The average Bonchev–Trinajstić information content (AvgIpc) is 2.36. The average molecular weight is 224 g/mol. The van der Waals surface area contributed by atoms with Crippen molar-refractivity contribution in [2.24, 2.45) is 5.92 Å². The molecule has 2 fully saturated rings. The Bertz CT molecular complexity index is 217. The van der Waals surface area contributed by atoms with Crippen molar-refractivity contribution in [3.8, 4) is 0 Å². The molecule has 2 aliphatic rings. The predicted octanol–water partition coefficient (Wildman–Crippen LogP) is 2.59. The van der Waals surface area contributed by atoms with Crippen molar-refractivity contribution in [3.05, 3.63) is 0 Å². The van der Waals surface area contributed by atoms with Crippen LogP contribution >= 0.6 is 0 Å². The van der Waals surface area contributed by atoms with Crippen molar-refractivity contribution in [1.82, 2.24) is 9.80 Å². The van der Waals surface area contributed by atoms with E-state index in [9.17, 15) is 0 Å². The third-order valence-electron chi connectivity index (χ3n) is 4.91. The Morgan fingerprint density at radius 3 is 2.69 bits per heavy atom. The third-order valence-corrected chi connectivity index (χ3v) is 4.91. The molecule has 0 aromatic carbocycles. The van der Waals surface area contributed by atoms with E-state index in [1.165, 1.54) is 51.9 Å². The minimum atomic E-state index is 0.772. The highest BCUT2D eigenvalue weighted by Gasteiger charge is 2.31. The van der Waals surface area contributed by atoms with Crippen molar-refractivity contribution in [2.75, 3.05) is 26.2 Å². The molecule has 0 aromatic rings. The molecule has 0 aliphatic carbocycles. The molecular formula is C14H28N2. The highest BCUT2D eigenvalue weighted by atomic mass is 15.3. The van der Waals surface area contributed by atoms with Crippen LogP contribution in [0.1, 0.15) is 46.5 Å². The Kier molecular flexibility index (Phi) is 4.26. The number of rotatable bonds is 3. The van der Waals surface area contributed by atoms with Crippen LogP contribution < -0.4 is 0 Å². The number of hydrogen-bond acceptors (Lipinski definition) is 2. The Morgan fingerprint density at radius 2 is 1.94 bits per heavy atom. The number of fused-ring (bicyclic) bond motifs is 1. The summed E-state index contributed by atoms with van der Waals surface area (Å²) in [5.41, 5.74) is 0. The normalized spacial score (nSPS) is 32.1. The van der Waals surface area contributed by atoms with E-state index in [0.717, 1.165) is 18.0 Å². The summed E-state index contributed by atoms with van der Waals surface area (Å²) < 4.78 is 0. The molecule has 94 valence electrons. The van der Waals surface area contributed by atoms with Gasteiger partial charge < -0.3 is 0 Å². The van der Waals surface area contributed by atoms with E-state index in [4.69, 9.17) is 0 Å². The van der Waals surface area contributed by atoms with Crippen molar-refractivity contribution in [3.63, 3.8) is 0 Å². The SMILES string of the molecule is CCC(C)C(C)N1CCN2CCCCC2C1. The van der Waals surface area contributed by atoms with Gasteiger partial charge >= 0.3 is 0 Å². The zero-order valence-corrected chi connectivity index (χ0v) is 11.3. The molecule has 2 aliphatic heterocycles. The van der Waals surface area contributed by atoms with E-state index in [1.54, 1.807) is 0 Å². The van der Waals surface area contributed by atoms with Crippen molar-refractivity contribution in [2.45, 2.75) is 58.5 Å². The summed E-state index contributed by atoms with van der Waals surface area (Å²) >= 11 is 0. The van der Waals surface area contributed by atoms with Crippen LogP contribution in [0.15, 0.2) is 0 Å². The Labute approximate surface area is 101 Å². The van der Waals surface area contributed by atoms with E-state index in [2.05, 4.69) is 30.6 Å². The second kappa shape index (κ2) is 5.50. The molecule has 0 N–H and O–H groups in total. The van der Waals surface area contributed by atoms with Crippen LogP contribution in [-0.2, 0) is 0 Å². The molecule has 0 spiro atoms. The molecule has 3 unspecified atom stereocenters. The molecule has 2 saturated heterocycles.